The minimum absolute atomic E-state index is 0.169. The van der Waals surface area contributed by atoms with Crippen LogP contribution in [0.3, 0.4) is 0 Å². The van der Waals surface area contributed by atoms with E-state index in [0.29, 0.717) is 0 Å². The Morgan fingerprint density at radius 2 is 0.537 bits per heavy atom. The van der Waals surface area contributed by atoms with Crippen LogP contribution in [-0.4, -0.2) is 23.4 Å². The normalized spacial score (nSPS) is 11.0. The molecule has 41 heavy (non-hydrogen) atoms. The number of unbranched alkanes of at least 4 members (excludes halogenated alkanes) is 26. The number of rotatable bonds is 30. The van der Waals surface area contributed by atoms with Crippen molar-refractivity contribution in [3.63, 3.8) is 0 Å². The van der Waals surface area contributed by atoms with Crippen LogP contribution < -0.4 is 0 Å². The summed E-state index contributed by atoms with van der Waals surface area (Å²) in [6.07, 6.45) is 40.1. The molecule has 0 aromatic heterocycles. The van der Waals surface area contributed by atoms with Crippen LogP contribution in [-0.2, 0) is 4.74 Å². The lowest BCUT2D eigenvalue weighted by atomic mass is 10.0. The molecule has 0 fully saturated rings. The Morgan fingerprint density at radius 1 is 0.341 bits per heavy atom. The quantitative estimate of drug-likeness (QED) is 0.0707. The summed E-state index contributed by atoms with van der Waals surface area (Å²) in [5.74, 6) is 0.339. The van der Waals surface area contributed by atoms with Gasteiger partial charge < -0.3 is 14.9 Å². The summed E-state index contributed by atoms with van der Waals surface area (Å²) < 4.78 is 5.85. The molecular weight excluding hydrogens is 504 g/mol. The predicted octanol–water partition coefficient (Wildman–Crippen LogP) is 13.1. The first kappa shape index (κ1) is 39.8. The fraction of sp³-hybridized carbons (Fsp3) is 0.842. The molecule has 0 aliphatic heterocycles. The minimum atomic E-state index is 0.169. The highest BCUT2D eigenvalue weighted by Gasteiger charge is 1.96. The van der Waals surface area contributed by atoms with E-state index in [4.69, 9.17) is 14.9 Å². The van der Waals surface area contributed by atoms with Crippen molar-refractivity contribution in [1.82, 2.24) is 0 Å². The van der Waals surface area contributed by atoms with Gasteiger partial charge in [0.15, 0.2) is 0 Å². The van der Waals surface area contributed by atoms with Gasteiger partial charge in [0.25, 0.3) is 0 Å². The van der Waals surface area contributed by atoms with Gasteiger partial charge in [0.2, 0.25) is 0 Å². The van der Waals surface area contributed by atoms with Crippen molar-refractivity contribution >= 4 is 0 Å². The largest absolute Gasteiger partial charge is 0.508 e. The Hall–Kier alpha value is -1.22. The molecule has 0 amide bonds. The molecule has 1 aromatic carbocycles. The average molecular weight is 577 g/mol. The average Bonchev–Trinajstić information content (AvgIpc) is 2.98. The number of hydrogen-bond acceptors (Lipinski definition) is 3. The molecule has 0 aliphatic carbocycles. The zero-order valence-electron chi connectivity index (χ0n) is 27.8. The monoisotopic (exact) mass is 577 g/mol. The SMILES string of the molecule is CCCCCCCCCCCCCCCCOCCCCCCCCCCCCCCCC.Oc1ccc(O)cc1. The van der Waals surface area contributed by atoms with Crippen molar-refractivity contribution in [3.8, 4) is 11.5 Å². The van der Waals surface area contributed by atoms with E-state index < -0.39 is 0 Å². The Bertz CT molecular complexity index is 535. The van der Waals surface area contributed by atoms with Crippen molar-refractivity contribution in [2.24, 2.45) is 0 Å². The number of aromatic hydroxyl groups is 2. The second kappa shape index (κ2) is 35.0. The molecule has 242 valence electrons. The van der Waals surface area contributed by atoms with Gasteiger partial charge in [-0.05, 0) is 37.1 Å². The number of phenolic OH excluding ortho intramolecular Hbond substituents is 2. The summed E-state index contributed by atoms with van der Waals surface area (Å²) in [6.45, 7) is 6.59. The molecular formula is C38H72O3. The van der Waals surface area contributed by atoms with Crippen molar-refractivity contribution in [2.45, 2.75) is 194 Å². The van der Waals surface area contributed by atoms with E-state index in [1.54, 1.807) is 0 Å². The summed E-state index contributed by atoms with van der Waals surface area (Å²) in [6, 6.07) is 5.70. The fourth-order valence-electron chi connectivity index (χ4n) is 5.35. The zero-order chi connectivity index (χ0) is 29.9. The standard InChI is InChI=1S/C32H66O.C6H6O2/c1-3-5-7-9-11-13-15-17-19-21-23-25-27-29-31-33-32-30-28-26-24-22-20-18-16-14-12-10-8-6-4-2;7-5-1-2-6(8)4-3-5/h3-32H2,1-2H3;1-4,7-8H. The first-order valence-corrected chi connectivity index (χ1v) is 18.3. The molecule has 1 rings (SSSR count). The molecule has 1 aromatic rings. The molecule has 3 heteroatoms. The summed E-state index contributed by atoms with van der Waals surface area (Å²) >= 11 is 0. The van der Waals surface area contributed by atoms with Crippen LogP contribution in [0.1, 0.15) is 194 Å². The van der Waals surface area contributed by atoms with Crippen LogP contribution in [0.4, 0.5) is 0 Å². The second-order valence-electron chi connectivity index (χ2n) is 12.3. The fourth-order valence-corrected chi connectivity index (χ4v) is 5.35. The summed E-state index contributed by atoms with van der Waals surface area (Å²) in [5.41, 5.74) is 0. The maximum atomic E-state index is 8.65. The van der Waals surface area contributed by atoms with Gasteiger partial charge in [0.05, 0.1) is 0 Å². The lowest BCUT2D eigenvalue weighted by Gasteiger charge is -2.05. The Balaban J connectivity index is 0.00000170. The van der Waals surface area contributed by atoms with Crippen LogP contribution in [0.15, 0.2) is 24.3 Å². The van der Waals surface area contributed by atoms with E-state index in [9.17, 15) is 0 Å². The van der Waals surface area contributed by atoms with E-state index in [0.717, 1.165) is 13.2 Å². The maximum absolute atomic E-state index is 8.65. The van der Waals surface area contributed by atoms with Gasteiger partial charge in [-0.3, -0.25) is 0 Å². The molecule has 0 saturated carbocycles. The molecule has 0 heterocycles. The van der Waals surface area contributed by atoms with Gasteiger partial charge in [-0.1, -0.05) is 181 Å². The van der Waals surface area contributed by atoms with Gasteiger partial charge in [0, 0.05) is 13.2 Å². The third-order valence-electron chi connectivity index (χ3n) is 8.13. The van der Waals surface area contributed by atoms with E-state index in [1.807, 2.05) is 0 Å². The highest BCUT2D eigenvalue weighted by Crippen LogP contribution is 2.15. The third-order valence-corrected chi connectivity index (χ3v) is 8.13. The molecule has 0 aliphatic rings. The highest BCUT2D eigenvalue weighted by atomic mass is 16.5. The smallest absolute Gasteiger partial charge is 0.115 e. The van der Waals surface area contributed by atoms with E-state index >= 15 is 0 Å². The van der Waals surface area contributed by atoms with Crippen LogP contribution >= 0.6 is 0 Å². The molecule has 0 atom stereocenters. The number of benzene rings is 1. The molecule has 0 saturated heterocycles. The van der Waals surface area contributed by atoms with Crippen LogP contribution in [0, 0.1) is 0 Å². The summed E-state index contributed by atoms with van der Waals surface area (Å²) in [7, 11) is 0. The molecule has 0 radical (unpaired) electrons. The van der Waals surface area contributed by atoms with Gasteiger partial charge >= 0.3 is 0 Å². The topological polar surface area (TPSA) is 49.7 Å². The third kappa shape index (κ3) is 34.9. The summed E-state index contributed by atoms with van der Waals surface area (Å²) in [4.78, 5) is 0. The molecule has 3 nitrogen and oxygen atoms in total. The van der Waals surface area contributed by atoms with Crippen LogP contribution in [0.2, 0.25) is 0 Å². The molecule has 0 bridgehead atoms. The lowest BCUT2D eigenvalue weighted by Crippen LogP contribution is -1.97. The first-order valence-electron chi connectivity index (χ1n) is 18.3. The number of hydrogen-bond donors (Lipinski definition) is 2. The van der Waals surface area contributed by atoms with Gasteiger partial charge in [0.1, 0.15) is 11.5 Å². The van der Waals surface area contributed by atoms with Crippen molar-refractivity contribution in [3.05, 3.63) is 24.3 Å². The van der Waals surface area contributed by atoms with Crippen molar-refractivity contribution in [2.75, 3.05) is 13.2 Å². The van der Waals surface area contributed by atoms with E-state index in [-0.39, 0.29) is 11.5 Å². The van der Waals surface area contributed by atoms with Crippen LogP contribution in [0.25, 0.3) is 0 Å². The van der Waals surface area contributed by atoms with Gasteiger partial charge in [-0.2, -0.15) is 0 Å². The predicted molar refractivity (Wildman–Crippen MR) is 181 cm³/mol. The maximum Gasteiger partial charge on any atom is 0.115 e. The second-order valence-corrected chi connectivity index (χ2v) is 12.3. The lowest BCUT2D eigenvalue weighted by molar-refractivity contribution is 0.125. The van der Waals surface area contributed by atoms with Gasteiger partial charge in [-0.25, -0.2) is 0 Å². The Kier molecular flexibility index (Phi) is 33.9. The first-order chi connectivity index (χ1) is 20.2. The number of ether oxygens (including phenoxy) is 1. The zero-order valence-corrected chi connectivity index (χ0v) is 27.8. The van der Waals surface area contributed by atoms with Crippen molar-refractivity contribution in [1.29, 1.82) is 0 Å². The number of phenols is 2. The van der Waals surface area contributed by atoms with Gasteiger partial charge in [-0.15, -0.1) is 0 Å². The summed E-state index contributed by atoms with van der Waals surface area (Å²) in [5, 5.41) is 17.3. The Morgan fingerprint density at radius 3 is 0.756 bits per heavy atom. The molecule has 2 N–H and O–H groups in total. The van der Waals surface area contributed by atoms with E-state index in [1.165, 1.54) is 204 Å². The molecule has 0 unspecified atom stereocenters. The minimum Gasteiger partial charge on any atom is -0.508 e. The van der Waals surface area contributed by atoms with Crippen molar-refractivity contribution < 1.29 is 14.9 Å². The Labute approximate surface area is 257 Å². The van der Waals surface area contributed by atoms with E-state index in [2.05, 4.69) is 13.8 Å². The highest BCUT2D eigenvalue weighted by molar-refractivity contribution is 5.28. The van der Waals surface area contributed by atoms with Crippen LogP contribution in [0.5, 0.6) is 11.5 Å². The molecule has 0 spiro atoms.